The van der Waals surface area contributed by atoms with Gasteiger partial charge in [0, 0.05) is 10.9 Å². The number of nitrogens with zero attached hydrogens (tertiary/aromatic N) is 1. The van der Waals surface area contributed by atoms with Gasteiger partial charge in [0.15, 0.2) is 5.06 Å². The van der Waals surface area contributed by atoms with Crippen LogP contribution < -0.4 is 9.47 Å². The molecular weight excluding hydrogens is 306 g/mol. The summed E-state index contributed by atoms with van der Waals surface area (Å²) in [4.78, 5) is 0. The van der Waals surface area contributed by atoms with E-state index in [4.69, 9.17) is 9.47 Å². The molecule has 0 aliphatic carbocycles. The summed E-state index contributed by atoms with van der Waals surface area (Å²) in [6.07, 6.45) is 0. The van der Waals surface area contributed by atoms with Gasteiger partial charge in [-0.15, -0.1) is 11.3 Å². The molecule has 0 saturated heterocycles. The lowest BCUT2D eigenvalue weighted by molar-refractivity contribution is 0.314. The van der Waals surface area contributed by atoms with Crippen LogP contribution in [0, 0.1) is 11.3 Å². The summed E-state index contributed by atoms with van der Waals surface area (Å²) in [7, 11) is 1.64. The Hall–Kier alpha value is -2.77. The minimum absolute atomic E-state index is 0.424. The second-order valence-corrected chi connectivity index (χ2v) is 5.77. The number of nitriles is 1. The second kappa shape index (κ2) is 6.99. The monoisotopic (exact) mass is 321 g/mol. The Morgan fingerprint density at radius 1 is 1.04 bits per heavy atom. The van der Waals surface area contributed by atoms with Gasteiger partial charge in [-0.05, 0) is 23.3 Å². The van der Waals surface area contributed by atoms with E-state index in [0.717, 1.165) is 22.4 Å². The van der Waals surface area contributed by atoms with Crippen LogP contribution in [0.25, 0.3) is 11.1 Å². The van der Waals surface area contributed by atoms with Crippen molar-refractivity contribution in [1.82, 2.24) is 0 Å². The topological polar surface area (TPSA) is 42.2 Å². The summed E-state index contributed by atoms with van der Waals surface area (Å²) in [5.41, 5.74) is 3.57. The Bertz CT molecular complexity index is 817. The third kappa shape index (κ3) is 3.36. The number of thiophene rings is 1. The van der Waals surface area contributed by atoms with Crippen LogP contribution in [0.15, 0.2) is 60.0 Å². The zero-order chi connectivity index (χ0) is 16.1. The molecule has 0 aliphatic rings. The number of hydrogen-bond donors (Lipinski definition) is 0. The van der Waals surface area contributed by atoms with E-state index in [2.05, 4.69) is 6.07 Å². The van der Waals surface area contributed by atoms with Crippen molar-refractivity contribution in [3.8, 4) is 28.0 Å². The van der Waals surface area contributed by atoms with Crippen LogP contribution in [0.2, 0.25) is 0 Å². The van der Waals surface area contributed by atoms with Gasteiger partial charge < -0.3 is 9.47 Å². The number of benzene rings is 2. The number of hydrogen-bond acceptors (Lipinski definition) is 4. The summed E-state index contributed by atoms with van der Waals surface area (Å²) in [5, 5.41) is 12.1. The van der Waals surface area contributed by atoms with Gasteiger partial charge in [0.05, 0.1) is 7.11 Å². The molecule has 0 spiro atoms. The largest absolute Gasteiger partial charge is 0.497 e. The summed E-state index contributed by atoms with van der Waals surface area (Å²) in [6.45, 7) is 0.424. The van der Waals surface area contributed by atoms with Crippen LogP contribution in [0.1, 0.15) is 11.1 Å². The summed E-state index contributed by atoms with van der Waals surface area (Å²) >= 11 is 1.45. The first-order valence-electron chi connectivity index (χ1n) is 7.14. The average molecular weight is 321 g/mol. The lowest BCUT2D eigenvalue weighted by atomic mass is 10.1. The Morgan fingerprint density at radius 3 is 2.43 bits per heavy atom. The van der Waals surface area contributed by atoms with Gasteiger partial charge >= 0.3 is 0 Å². The number of rotatable bonds is 5. The average Bonchev–Trinajstić information content (AvgIpc) is 3.04. The van der Waals surface area contributed by atoms with E-state index in [-0.39, 0.29) is 0 Å². The maximum Gasteiger partial charge on any atom is 0.192 e. The zero-order valence-electron chi connectivity index (χ0n) is 12.7. The quantitative estimate of drug-likeness (QED) is 0.673. The highest BCUT2D eigenvalue weighted by Crippen LogP contribution is 2.37. The minimum atomic E-state index is 0.424. The van der Waals surface area contributed by atoms with Crippen LogP contribution in [0.5, 0.6) is 10.8 Å². The van der Waals surface area contributed by atoms with E-state index in [0.29, 0.717) is 17.2 Å². The Balaban J connectivity index is 1.78. The molecule has 0 amide bonds. The molecule has 1 heterocycles. The van der Waals surface area contributed by atoms with Crippen molar-refractivity contribution in [2.45, 2.75) is 6.61 Å². The molecule has 0 saturated carbocycles. The predicted molar refractivity (Wildman–Crippen MR) is 91.8 cm³/mol. The van der Waals surface area contributed by atoms with E-state index in [1.54, 1.807) is 7.11 Å². The van der Waals surface area contributed by atoms with Crippen LogP contribution in [0.3, 0.4) is 0 Å². The normalized spacial score (nSPS) is 10.1. The van der Waals surface area contributed by atoms with Gasteiger partial charge in [-0.1, -0.05) is 42.5 Å². The molecule has 3 rings (SSSR count). The van der Waals surface area contributed by atoms with Crippen LogP contribution >= 0.6 is 11.3 Å². The molecular formula is C19H15NO2S. The molecule has 23 heavy (non-hydrogen) atoms. The van der Waals surface area contributed by atoms with E-state index < -0.39 is 0 Å². The lowest BCUT2D eigenvalue weighted by Crippen LogP contribution is -1.95. The highest BCUT2D eigenvalue weighted by Gasteiger charge is 2.14. The van der Waals surface area contributed by atoms with Crippen molar-refractivity contribution in [1.29, 1.82) is 5.26 Å². The molecule has 0 atom stereocenters. The van der Waals surface area contributed by atoms with Gasteiger partial charge in [0.25, 0.3) is 0 Å². The number of ether oxygens (including phenoxy) is 2. The fourth-order valence-electron chi connectivity index (χ4n) is 2.25. The predicted octanol–water partition coefficient (Wildman–Crippen LogP) is 4.87. The first-order chi connectivity index (χ1) is 11.3. The Kier molecular flexibility index (Phi) is 4.60. The van der Waals surface area contributed by atoms with Gasteiger partial charge in [-0.2, -0.15) is 5.26 Å². The molecule has 0 unspecified atom stereocenters. The SMILES string of the molecule is COc1ccc(COc2scc(-c3ccccc3)c2C#N)cc1. The fourth-order valence-corrected chi connectivity index (χ4v) is 3.13. The summed E-state index contributed by atoms with van der Waals surface area (Å²) in [5.74, 6) is 0.814. The third-order valence-electron chi connectivity index (χ3n) is 3.48. The van der Waals surface area contributed by atoms with Gasteiger partial charge in [-0.25, -0.2) is 0 Å². The number of methoxy groups -OCH3 is 1. The molecule has 0 fully saturated rings. The zero-order valence-corrected chi connectivity index (χ0v) is 13.5. The molecule has 4 heteroatoms. The highest BCUT2D eigenvalue weighted by molar-refractivity contribution is 7.12. The van der Waals surface area contributed by atoms with Crippen molar-refractivity contribution in [3.05, 3.63) is 71.1 Å². The molecule has 3 aromatic rings. The van der Waals surface area contributed by atoms with Crippen molar-refractivity contribution < 1.29 is 9.47 Å². The van der Waals surface area contributed by atoms with Crippen LogP contribution in [-0.4, -0.2) is 7.11 Å². The van der Waals surface area contributed by atoms with Crippen LogP contribution in [-0.2, 0) is 6.61 Å². The molecule has 0 radical (unpaired) electrons. The van der Waals surface area contributed by atoms with Crippen molar-refractivity contribution in [2.75, 3.05) is 7.11 Å². The third-order valence-corrected chi connectivity index (χ3v) is 4.37. The Labute approximate surface area is 139 Å². The van der Waals surface area contributed by atoms with E-state index in [9.17, 15) is 5.26 Å². The van der Waals surface area contributed by atoms with Crippen LogP contribution in [0.4, 0.5) is 0 Å². The van der Waals surface area contributed by atoms with E-state index >= 15 is 0 Å². The molecule has 114 valence electrons. The summed E-state index contributed by atoms with van der Waals surface area (Å²) in [6, 6.07) is 19.8. The summed E-state index contributed by atoms with van der Waals surface area (Å²) < 4.78 is 11.0. The molecule has 2 aromatic carbocycles. The fraction of sp³-hybridized carbons (Fsp3) is 0.105. The van der Waals surface area contributed by atoms with E-state index in [1.165, 1.54) is 11.3 Å². The van der Waals surface area contributed by atoms with Gasteiger partial charge in [0.1, 0.15) is 24.0 Å². The minimum Gasteiger partial charge on any atom is -0.497 e. The maximum absolute atomic E-state index is 9.48. The van der Waals surface area contributed by atoms with Gasteiger partial charge in [0.2, 0.25) is 0 Å². The van der Waals surface area contributed by atoms with Crippen molar-refractivity contribution in [3.63, 3.8) is 0 Å². The smallest absolute Gasteiger partial charge is 0.192 e. The first kappa shape index (κ1) is 15.1. The van der Waals surface area contributed by atoms with Crippen molar-refractivity contribution >= 4 is 11.3 Å². The lowest BCUT2D eigenvalue weighted by Gasteiger charge is -2.06. The van der Waals surface area contributed by atoms with Crippen molar-refractivity contribution in [2.24, 2.45) is 0 Å². The van der Waals surface area contributed by atoms with E-state index in [1.807, 2.05) is 60.0 Å². The maximum atomic E-state index is 9.48. The molecule has 0 N–H and O–H groups in total. The second-order valence-electron chi connectivity index (χ2n) is 4.93. The highest BCUT2D eigenvalue weighted by atomic mass is 32.1. The molecule has 1 aromatic heterocycles. The Morgan fingerprint density at radius 2 is 1.78 bits per heavy atom. The molecule has 3 nitrogen and oxygen atoms in total. The molecule has 0 bridgehead atoms. The standard InChI is InChI=1S/C19H15NO2S/c1-21-16-9-7-14(8-10-16)12-22-19-17(11-20)18(13-23-19)15-5-3-2-4-6-15/h2-10,13H,12H2,1H3. The first-order valence-corrected chi connectivity index (χ1v) is 8.02. The molecule has 0 aliphatic heterocycles. The van der Waals surface area contributed by atoms with Gasteiger partial charge in [-0.3, -0.25) is 0 Å².